The van der Waals surface area contributed by atoms with Crippen LogP contribution in [0.4, 0.5) is 0 Å². The molecule has 3 aromatic rings. The molecule has 0 aliphatic rings. The van der Waals surface area contributed by atoms with Crippen molar-refractivity contribution in [2.24, 2.45) is 0 Å². The lowest BCUT2D eigenvalue weighted by molar-refractivity contribution is 0.0952. The van der Waals surface area contributed by atoms with Gasteiger partial charge in [0.2, 0.25) is 0 Å². The van der Waals surface area contributed by atoms with Crippen LogP contribution in [0.15, 0.2) is 53.0 Å². The van der Waals surface area contributed by atoms with Crippen molar-refractivity contribution >= 4 is 32.7 Å². The highest BCUT2D eigenvalue weighted by Gasteiger charge is 2.13. The molecule has 1 heterocycles. The second-order valence-corrected chi connectivity index (χ2v) is 6.61. The smallest absolute Gasteiger partial charge is 0.252 e. The van der Waals surface area contributed by atoms with E-state index in [0.29, 0.717) is 18.7 Å². The van der Waals surface area contributed by atoms with Gasteiger partial charge in [-0.15, -0.1) is 0 Å². The molecule has 0 aliphatic carbocycles. The van der Waals surface area contributed by atoms with Crippen LogP contribution in [0.1, 0.15) is 28.5 Å². The number of fused-ring (bicyclic) bond motifs is 1. The molecular weight excluding hydrogens is 380 g/mol. The third-order valence-electron chi connectivity index (χ3n) is 3.86. The fraction of sp³-hybridized carbons (Fsp3) is 0.200. The number of amides is 1. The predicted molar refractivity (Wildman–Crippen MR) is 103 cm³/mol. The van der Waals surface area contributed by atoms with Gasteiger partial charge in [-0.25, -0.2) is 0 Å². The van der Waals surface area contributed by atoms with Crippen molar-refractivity contribution < 1.29 is 9.53 Å². The van der Waals surface area contributed by atoms with Crippen LogP contribution in [-0.2, 0) is 6.54 Å². The molecule has 0 radical (unpaired) electrons. The van der Waals surface area contributed by atoms with E-state index in [1.807, 2.05) is 62.4 Å². The number of hydrogen-bond donors (Lipinski definition) is 1. The molecule has 2 aromatic carbocycles. The van der Waals surface area contributed by atoms with Crippen LogP contribution in [0.2, 0.25) is 0 Å². The van der Waals surface area contributed by atoms with Gasteiger partial charge in [0.1, 0.15) is 5.75 Å². The predicted octanol–water partition coefficient (Wildman–Crippen LogP) is 4.63. The molecule has 0 unspecified atom stereocenters. The van der Waals surface area contributed by atoms with E-state index in [1.54, 1.807) is 0 Å². The Morgan fingerprint density at radius 3 is 2.80 bits per heavy atom. The minimum atomic E-state index is -0.125. The molecule has 0 atom stereocenters. The van der Waals surface area contributed by atoms with Crippen molar-refractivity contribution in [1.82, 2.24) is 10.3 Å². The number of pyridine rings is 1. The zero-order chi connectivity index (χ0) is 17.8. The van der Waals surface area contributed by atoms with Crippen molar-refractivity contribution in [2.45, 2.75) is 20.4 Å². The molecule has 0 fully saturated rings. The van der Waals surface area contributed by atoms with Gasteiger partial charge in [-0.3, -0.25) is 9.78 Å². The van der Waals surface area contributed by atoms with Gasteiger partial charge in [-0.05, 0) is 44.2 Å². The highest BCUT2D eigenvalue weighted by atomic mass is 79.9. The number of ether oxygens (including phenoxy) is 1. The summed E-state index contributed by atoms with van der Waals surface area (Å²) < 4.78 is 6.53. The summed E-state index contributed by atoms with van der Waals surface area (Å²) in [7, 11) is 0. The molecule has 3 rings (SSSR count). The topological polar surface area (TPSA) is 51.2 Å². The summed E-state index contributed by atoms with van der Waals surface area (Å²) in [6, 6.07) is 15.3. The molecule has 25 heavy (non-hydrogen) atoms. The van der Waals surface area contributed by atoms with Gasteiger partial charge < -0.3 is 10.1 Å². The number of rotatable bonds is 5. The largest absolute Gasteiger partial charge is 0.494 e. The highest BCUT2D eigenvalue weighted by Crippen LogP contribution is 2.23. The van der Waals surface area contributed by atoms with Gasteiger partial charge in [0.15, 0.2) is 0 Å². The maximum absolute atomic E-state index is 12.8. The number of aromatic nitrogens is 1. The Kier molecular flexibility index (Phi) is 5.34. The minimum Gasteiger partial charge on any atom is -0.494 e. The van der Waals surface area contributed by atoms with Gasteiger partial charge in [-0.1, -0.05) is 34.1 Å². The lowest BCUT2D eigenvalue weighted by atomic mass is 10.1. The molecule has 0 saturated heterocycles. The van der Waals surface area contributed by atoms with Crippen LogP contribution in [0.25, 0.3) is 10.9 Å². The molecule has 0 aliphatic heterocycles. The third-order valence-corrected chi connectivity index (χ3v) is 4.35. The maximum atomic E-state index is 12.8. The molecule has 0 bridgehead atoms. The fourth-order valence-corrected chi connectivity index (χ4v) is 3.10. The van der Waals surface area contributed by atoms with Crippen molar-refractivity contribution in [1.29, 1.82) is 0 Å². The van der Waals surface area contributed by atoms with E-state index in [4.69, 9.17) is 4.74 Å². The van der Waals surface area contributed by atoms with Gasteiger partial charge in [-0.2, -0.15) is 0 Å². The first-order chi connectivity index (χ1) is 12.1. The van der Waals surface area contributed by atoms with Gasteiger partial charge >= 0.3 is 0 Å². The summed E-state index contributed by atoms with van der Waals surface area (Å²) in [4.78, 5) is 17.3. The molecule has 1 aromatic heterocycles. The van der Waals surface area contributed by atoms with Crippen LogP contribution in [-0.4, -0.2) is 17.5 Å². The number of halogens is 1. The Balaban J connectivity index is 1.87. The Morgan fingerprint density at radius 2 is 2.00 bits per heavy atom. The van der Waals surface area contributed by atoms with Crippen molar-refractivity contribution in [3.63, 3.8) is 0 Å². The first-order valence-electron chi connectivity index (χ1n) is 8.14. The Hall–Kier alpha value is -2.40. The van der Waals surface area contributed by atoms with Crippen LogP contribution in [0, 0.1) is 6.92 Å². The number of benzene rings is 2. The third kappa shape index (κ3) is 3.99. The zero-order valence-corrected chi connectivity index (χ0v) is 15.8. The van der Waals surface area contributed by atoms with Crippen LogP contribution in [0.5, 0.6) is 5.75 Å². The van der Waals surface area contributed by atoms with Crippen LogP contribution < -0.4 is 10.1 Å². The van der Waals surface area contributed by atoms with Gasteiger partial charge in [0.25, 0.3) is 5.91 Å². The first kappa shape index (κ1) is 17.4. The second-order valence-electron chi connectivity index (χ2n) is 5.70. The van der Waals surface area contributed by atoms with E-state index < -0.39 is 0 Å². The Bertz CT molecular complexity index is 925. The summed E-state index contributed by atoms with van der Waals surface area (Å²) in [6.45, 7) is 4.83. The molecule has 0 saturated carbocycles. The molecule has 0 spiro atoms. The number of nitrogens with zero attached hydrogens (tertiary/aromatic N) is 1. The van der Waals surface area contributed by atoms with Crippen molar-refractivity contribution in [3.05, 3.63) is 69.8 Å². The summed E-state index contributed by atoms with van der Waals surface area (Å²) in [6.07, 6.45) is 0. The quantitative estimate of drug-likeness (QED) is 0.681. The van der Waals surface area contributed by atoms with E-state index in [9.17, 15) is 4.79 Å². The molecule has 4 nitrogen and oxygen atoms in total. The van der Waals surface area contributed by atoms with E-state index in [1.165, 1.54) is 0 Å². The lowest BCUT2D eigenvalue weighted by Crippen LogP contribution is -2.23. The number of carbonyl (C=O) groups is 1. The number of hydrogen-bond acceptors (Lipinski definition) is 3. The number of para-hydroxylation sites is 1. The highest BCUT2D eigenvalue weighted by molar-refractivity contribution is 9.10. The van der Waals surface area contributed by atoms with E-state index in [2.05, 4.69) is 26.2 Å². The Labute approximate surface area is 155 Å². The average Bonchev–Trinajstić information content (AvgIpc) is 2.60. The van der Waals surface area contributed by atoms with E-state index >= 15 is 0 Å². The molecule has 128 valence electrons. The van der Waals surface area contributed by atoms with Gasteiger partial charge in [0, 0.05) is 27.7 Å². The molecule has 5 heteroatoms. The summed E-state index contributed by atoms with van der Waals surface area (Å²) in [5.41, 5.74) is 3.20. The lowest BCUT2D eigenvalue weighted by Gasteiger charge is -2.12. The minimum absolute atomic E-state index is 0.125. The summed E-state index contributed by atoms with van der Waals surface area (Å²) in [5.74, 6) is 0.670. The number of nitrogens with one attached hydrogen (secondary N) is 1. The fourth-order valence-electron chi connectivity index (χ4n) is 2.74. The van der Waals surface area contributed by atoms with Crippen LogP contribution >= 0.6 is 15.9 Å². The van der Waals surface area contributed by atoms with E-state index in [-0.39, 0.29) is 5.91 Å². The van der Waals surface area contributed by atoms with Crippen LogP contribution in [0.3, 0.4) is 0 Å². The standard InChI is InChI=1S/C20H19BrN2O2/c1-3-25-19-7-5-4-6-14(19)12-22-20(24)17-10-13(2)23-18-9-8-15(21)11-16(17)18/h4-11H,3,12H2,1-2H3,(H,22,24). The van der Waals surface area contributed by atoms with Crippen molar-refractivity contribution in [3.8, 4) is 5.75 Å². The summed E-state index contributed by atoms with van der Waals surface area (Å²) in [5, 5.41) is 3.82. The first-order valence-corrected chi connectivity index (χ1v) is 8.93. The number of aryl methyl sites for hydroxylation is 1. The Morgan fingerprint density at radius 1 is 1.20 bits per heavy atom. The monoisotopic (exact) mass is 398 g/mol. The van der Waals surface area contributed by atoms with Crippen molar-refractivity contribution in [2.75, 3.05) is 6.61 Å². The zero-order valence-electron chi connectivity index (χ0n) is 14.2. The molecule has 1 amide bonds. The second kappa shape index (κ2) is 7.66. The normalized spacial score (nSPS) is 10.7. The number of carbonyl (C=O) groups excluding carboxylic acids is 1. The summed E-state index contributed by atoms with van der Waals surface area (Å²) >= 11 is 3.46. The van der Waals surface area contributed by atoms with Gasteiger partial charge in [0.05, 0.1) is 17.7 Å². The molecule has 1 N–H and O–H groups in total. The van der Waals surface area contributed by atoms with E-state index in [0.717, 1.165) is 32.4 Å². The average molecular weight is 399 g/mol. The maximum Gasteiger partial charge on any atom is 0.252 e. The molecular formula is C20H19BrN2O2. The SMILES string of the molecule is CCOc1ccccc1CNC(=O)c1cc(C)nc2ccc(Br)cc12.